The molecule has 0 spiro atoms. The van der Waals surface area contributed by atoms with Crippen LogP contribution >= 0.6 is 0 Å². The fraction of sp³-hybridized carbons (Fsp3) is 0.692. The van der Waals surface area contributed by atoms with Gasteiger partial charge in [-0.3, -0.25) is 4.79 Å². The van der Waals surface area contributed by atoms with E-state index in [4.69, 9.17) is 10.5 Å². The number of rotatable bonds is 4. The molecule has 1 aromatic rings. The number of hydrogen-bond acceptors (Lipinski definition) is 4. The molecule has 3 N–H and O–H groups in total. The number of ether oxygens (including phenoxy) is 1. The predicted molar refractivity (Wildman–Crippen MR) is 69.4 cm³/mol. The highest BCUT2D eigenvalue weighted by Gasteiger charge is 2.36. The van der Waals surface area contributed by atoms with Crippen LogP contribution in [-0.4, -0.2) is 23.6 Å². The van der Waals surface area contributed by atoms with Gasteiger partial charge in [0.15, 0.2) is 0 Å². The van der Waals surface area contributed by atoms with Crippen LogP contribution in [0.2, 0.25) is 0 Å². The Morgan fingerprint density at radius 2 is 2.17 bits per heavy atom. The van der Waals surface area contributed by atoms with E-state index in [2.05, 4.69) is 9.97 Å². The van der Waals surface area contributed by atoms with Crippen molar-refractivity contribution in [2.45, 2.75) is 44.1 Å². The molecule has 0 atom stereocenters. The summed E-state index contributed by atoms with van der Waals surface area (Å²) >= 11 is 0. The van der Waals surface area contributed by atoms with E-state index in [1.54, 1.807) is 7.11 Å². The SMILES string of the molecule is COC1(c2nc(CCN)cc(=O)[nH]2)CCCCC1. The van der Waals surface area contributed by atoms with Gasteiger partial charge >= 0.3 is 0 Å². The van der Waals surface area contributed by atoms with Crippen LogP contribution in [0, 0.1) is 0 Å². The molecule has 1 heterocycles. The molecular weight excluding hydrogens is 230 g/mol. The minimum Gasteiger partial charge on any atom is -0.370 e. The van der Waals surface area contributed by atoms with Crippen LogP contribution in [0.3, 0.4) is 0 Å². The summed E-state index contributed by atoms with van der Waals surface area (Å²) in [4.78, 5) is 19.1. The Kier molecular flexibility index (Phi) is 4.14. The smallest absolute Gasteiger partial charge is 0.251 e. The normalized spacial score (nSPS) is 18.8. The summed E-state index contributed by atoms with van der Waals surface area (Å²) in [6.07, 6.45) is 5.89. The lowest BCUT2D eigenvalue weighted by Crippen LogP contribution is -2.35. The van der Waals surface area contributed by atoms with Gasteiger partial charge in [0.25, 0.3) is 5.56 Å². The molecule has 0 radical (unpaired) electrons. The van der Waals surface area contributed by atoms with Crippen molar-refractivity contribution in [2.75, 3.05) is 13.7 Å². The van der Waals surface area contributed by atoms with Crippen molar-refractivity contribution >= 4 is 0 Å². The van der Waals surface area contributed by atoms with Gasteiger partial charge in [-0.15, -0.1) is 0 Å². The number of nitrogens with zero attached hydrogens (tertiary/aromatic N) is 1. The average Bonchev–Trinajstić information content (AvgIpc) is 2.39. The molecule has 1 aromatic heterocycles. The monoisotopic (exact) mass is 251 g/mol. The summed E-state index contributed by atoms with van der Waals surface area (Å²) in [5.41, 5.74) is 5.73. The van der Waals surface area contributed by atoms with Crippen molar-refractivity contribution < 1.29 is 4.74 Å². The second-order valence-electron chi connectivity index (χ2n) is 4.88. The zero-order valence-corrected chi connectivity index (χ0v) is 10.9. The first-order valence-corrected chi connectivity index (χ1v) is 6.56. The summed E-state index contributed by atoms with van der Waals surface area (Å²) in [5, 5.41) is 0. The van der Waals surface area contributed by atoms with E-state index >= 15 is 0 Å². The van der Waals surface area contributed by atoms with Crippen LogP contribution < -0.4 is 11.3 Å². The van der Waals surface area contributed by atoms with Crippen molar-refractivity contribution in [2.24, 2.45) is 5.73 Å². The van der Waals surface area contributed by atoms with Gasteiger partial charge in [0.1, 0.15) is 11.4 Å². The third kappa shape index (κ3) is 2.62. The van der Waals surface area contributed by atoms with Gasteiger partial charge in [0, 0.05) is 25.3 Å². The van der Waals surface area contributed by atoms with E-state index in [0.29, 0.717) is 18.8 Å². The van der Waals surface area contributed by atoms with Gasteiger partial charge in [-0.25, -0.2) is 4.98 Å². The fourth-order valence-corrected chi connectivity index (χ4v) is 2.66. The number of aromatic amines is 1. The highest BCUT2D eigenvalue weighted by atomic mass is 16.5. The van der Waals surface area contributed by atoms with Gasteiger partial charge in [0.2, 0.25) is 0 Å². The van der Waals surface area contributed by atoms with E-state index in [1.807, 2.05) is 0 Å². The molecule has 1 saturated carbocycles. The lowest BCUT2D eigenvalue weighted by atomic mass is 9.84. The molecule has 1 aliphatic rings. The molecule has 5 heteroatoms. The topological polar surface area (TPSA) is 81.0 Å². The quantitative estimate of drug-likeness (QED) is 0.839. The minimum atomic E-state index is -0.415. The zero-order chi connectivity index (χ0) is 13.0. The number of nitrogens with two attached hydrogens (primary N) is 1. The molecule has 1 fully saturated rings. The standard InChI is InChI=1S/C13H21N3O2/c1-18-13(6-3-2-4-7-13)12-15-10(5-8-14)9-11(17)16-12/h9H,2-8,14H2,1H3,(H,15,16,17). The highest BCUT2D eigenvalue weighted by molar-refractivity contribution is 5.10. The number of methoxy groups -OCH3 is 1. The first-order chi connectivity index (χ1) is 8.70. The second kappa shape index (κ2) is 5.63. The third-order valence-corrected chi connectivity index (χ3v) is 3.68. The zero-order valence-electron chi connectivity index (χ0n) is 10.9. The molecule has 0 saturated heterocycles. The number of H-pyrrole nitrogens is 1. The predicted octanol–water partition coefficient (Wildman–Crippen LogP) is 1.08. The summed E-state index contributed by atoms with van der Waals surface area (Å²) in [7, 11) is 1.70. The van der Waals surface area contributed by atoms with Crippen LogP contribution in [0.25, 0.3) is 0 Å². The van der Waals surface area contributed by atoms with Crippen molar-refractivity contribution in [3.05, 3.63) is 27.9 Å². The Labute approximate surface area is 107 Å². The molecule has 1 aliphatic carbocycles. The molecule has 18 heavy (non-hydrogen) atoms. The van der Waals surface area contributed by atoms with E-state index in [9.17, 15) is 4.79 Å². The largest absolute Gasteiger partial charge is 0.370 e. The van der Waals surface area contributed by atoms with Gasteiger partial charge in [-0.2, -0.15) is 0 Å². The molecule has 5 nitrogen and oxygen atoms in total. The van der Waals surface area contributed by atoms with E-state index < -0.39 is 5.60 Å². The summed E-state index contributed by atoms with van der Waals surface area (Å²) in [5.74, 6) is 0.667. The summed E-state index contributed by atoms with van der Waals surface area (Å²) in [6, 6.07) is 1.52. The van der Waals surface area contributed by atoms with Gasteiger partial charge < -0.3 is 15.5 Å². The second-order valence-corrected chi connectivity index (χ2v) is 4.88. The van der Waals surface area contributed by atoms with E-state index in [0.717, 1.165) is 31.4 Å². The maximum Gasteiger partial charge on any atom is 0.251 e. The summed E-state index contributed by atoms with van der Waals surface area (Å²) < 4.78 is 5.69. The first-order valence-electron chi connectivity index (χ1n) is 6.56. The van der Waals surface area contributed by atoms with Crippen molar-refractivity contribution in [1.29, 1.82) is 0 Å². The van der Waals surface area contributed by atoms with Crippen LogP contribution in [0.4, 0.5) is 0 Å². The average molecular weight is 251 g/mol. The molecule has 0 bridgehead atoms. The lowest BCUT2D eigenvalue weighted by Gasteiger charge is -2.34. The minimum absolute atomic E-state index is 0.120. The molecule has 0 aliphatic heterocycles. The van der Waals surface area contributed by atoms with Crippen LogP contribution in [0.1, 0.15) is 43.6 Å². The van der Waals surface area contributed by atoms with Gasteiger partial charge in [0.05, 0.1) is 0 Å². The molecule has 100 valence electrons. The van der Waals surface area contributed by atoms with E-state index in [-0.39, 0.29) is 5.56 Å². The first kappa shape index (κ1) is 13.2. The fourth-order valence-electron chi connectivity index (χ4n) is 2.66. The van der Waals surface area contributed by atoms with Crippen LogP contribution in [-0.2, 0) is 16.8 Å². The summed E-state index contributed by atoms with van der Waals surface area (Å²) in [6.45, 7) is 0.496. The number of aromatic nitrogens is 2. The molecule has 2 rings (SSSR count). The Hall–Kier alpha value is -1.20. The Bertz CT molecular complexity index is 450. The Balaban J connectivity index is 2.38. The Morgan fingerprint density at radius 1 is 1.44 bits per heavy atom. The Morgan fingerprint density at radius 3 is 2.78 bits per heavy atom. The van der Waals surface area contributed by atoms with Crippen molar-refractivity contribution in [3.8, 4) is 0 Å². The van der Waals surface area contributed by atoms with Gasteiger partial charge in [-0.1, -0.05) is 19.3 Å². The van der Waals surface area contributed by atoms with Crippen LogP contribution in [0.15, 0.2) is 10.9 Å². The number of nitrogens with one attached hydrogen (secondary N) is 1. The lowest BCUT2D eigenvalue weighted by molar-refractivity contribution is -0.0518. The maximum absolute atomic E-state index is 11.7. The molecular formula is C13H21N3O2. The number of hydrogen-bond donors (Lipinski definition) is 2. The molecule has 0 amide bonds. The third-order valence-electron chi connectivity index (χ3n) is 3.68. The van der Waals surface area contributed by atoms with Gasteiger partial charge in [-0.05, 0) is 19.4 Å². The molecule has 0 aromatic carbocycles. The van der Waals surface area contributed by atoms with Crippen LogP contribution in [0.5, 0.6) is 0 Å². The van der Waals surface area contributed by atoms with E-state index in [1.165, 1.54) is 12.5 Å². The van der Waals surface area contributed by atoms with Crippen molar-refractivity contribution in [1.82, 2.24) is 9.97 Å². The highest BCUT2D eigenvalue weighted by Crippen LogP contribution is 2.37. The maximum atomic E-state index is 11.7. The van der Waals surface area contributed by atoms with Crippen molar-refractivity contribution in [3.63, 3.8) is 0 Å². The molecule has 0 unspecified atom stereocenters.